The van der Waals surface area contributed by atoms with Gasteiger partial charge in [0.05, 0.1) is 4.90 Å². The van der Waals surface area contributed by atoms with Gasteiger partial charge in [-0.15, -0.1) is 0 Å². The molecule has 0 unspecified atom stereocenters. The van der Waals surface area contributed by atoms with E-state index in [4.69, 9.17) is 8.37 Å². The van der Waals surface area contributed by atoms with Gasteiger partial charge < -0.3 is 13.5 Å². The number of hydrogen-bond donors (Lipinski definition) is 2. The van der Waals surface area contributed by atoms with Gasteiger partial charge in [0.1, 0.15) is 27.0 Å². The summed E-state index contributed by atoms with van der Waals surface area (Å²) in [7, 11) is -12.4. The van der Waals surface area contributed by atoms with Crippen LogP contribution in [0.5, 0.6) is 17.2 Å². The molecule has 13 heteroatoms. The first-order valence-electron chi connectivity index (χ1n) is 10.4. The Morgan fingerprint density at radius 1 is 0.514 bits per heavy atom. The predicted molar refractivity (Wildman–Crippen MR) is 134 cm³/mol. The molecule has 0 atom stereocenters. The van der Waals surface area contributed by atoms with Crippen LogP contribution >= 0.6 is 0 Å². The molecule has 4 aromatic rings. The van der Waals surface area contributed by atoms with Crippen LogP contribution in [0.4, 0.5) is 5.69 Å². The third kappa shape index (κ3) is 6.39. The molecule has 0 saturated heterocycles. The number of rotatable bonds is 9. The van der Waals surface area contributed by atoms with Gasteiger partial charge in [0.2, 0.25) is 0 Å². The smallest absolute Gasteiger partial charge is 0.339 e. The highest BCUT2D eigenvalue weighted by Crippen LogP contribution is 2.25. The van der Waals surface area contributed by atoms with E-state index < -0.39 is 30.3 Å². The lowest BCUT2D eigenvalue weighted by molar-refractivity contribution is 0.473. The van der Waals surface area contributed by atoms with Crippen molar-refractivity contribution >= 4 is 35.9 Å². The second-order valence-electron chi connectivity index (χ2n) is 7.48. The maximum Gasteiger partial charge on any atom is 0.339 e. The average Bonchev–Trinajstić information content (AvgIpc) is 2.85. The monoisotopic (exact) mass is 561 g/mol. The Labute approximate surface area is 214 Å². The molecule has 192 valence electrons. The van der Waals surface area contributed by atoms with Crippen LogP contribution in [0.15, 0.2) is 118 Å². The maximum absolute atomic E-state index is 12.6. The van der Waals surface area contributed by atoms with Gasteiger partial charge in [0, 0.05) is 5.69 Å². The summed E-state index contributed by atoms with van der Waals surface area (Å²) in [5, 5.41) is 9.29. The highest BCUT2D eigenvalue weighted by Gasteiger charge is 2.21. The molecule has 0 aliphatic carbocycles. The van der Waals surface area contributed by atoms with Gasteiger partial charge in [-0.25, -0.2) is 8.42 Å². The molecule has 4 rings (SSSR count). The minimum atomic E-state index is -4.33. The van der Waals surface area contributed by atoms with Gasteiger partial charge in [-0.3, -0.25) is 4.72 Å². The minimum Gasteiger partial charge on any atom is -0.508 e. The van der Waals surface area contributed by atoms with Gasteiger partial charge in [0.15, 0.2) is 0 Å². The molecule has 0 heterocycles. The zero-order valence-electron chi connectivity index (χ0n) is 18.8. The van der Waals surface area contributed by atoms with Crippen molar-refractivity contribution in [2.75, 3.05) is 4.72 Å². The van der Waals surface area contributed by atoms with Crippen LogP contribution in [-0.4, -0.2) is 30.4 Å². The molecule has 0 aromatic heterocycles. The molecule has 0 radical (unpaired) electrons. The zero-order chi connectivity index (χ0) is 26.7. The standard InChI is InChI=1S/C24H19NO9S3/c26-19-6-12-23(13-7-19)36(29,30)34-21-10-16-24(17-11-21)37(31,32)33-20-8-14-22(15-9-20)35(27,28)25-18-4-2-1-3-5-18/h1-17,25-26H. The van der Waals surface area contributed by atoms with E-state index in [0.717, 1.165) is 36.4 Å². The van der Waals surface area contributed by atoms with Gasteiger partial charge in [-0.1, -0.05) is 18.2 Å². The lowest BCUT2D eigenvalue weighted by atomic mass is 10.3. The molecule has 0 saturated carbocycles. The molecule has 2 N–H and O–H groups in total. The molecule has 37 heavy (non-hydrogen) atoms. The van der Waals surface area contributed by atoms with E-state index in [1.807, 2.05) is 0 Å². The summed E-state index contributed by atoms with van der Waals surface area (Å²) >= 11 is 0. The molecule has 0 aliphatic rings. The molecule has 0 amide bonds. The van der Waals surface area contributed by atoms with E-state index in [0.29, 0.717) is 5.69 Å². The summed E-state index contributed by atoms with van der Waals surface area (Å²) in [4.78, 5) is -0.587. The Morgan fingerprint density at radius 3 is 1.38 bits per heavy atom. The number of hydrogen-bond acceptors (Lipinski definition) is 9. The Balaban J connectivity index is 1.45. The summed E-state index contributed by atoms with van der Waals surface area (Å²) < 4.78 is 87.5. The highest BCUT2D eigenvalue weighted by atomic mass is 32.2. The number of anilines is 1. The lowest BCUT2D eigenvalue weighted by Gasteiger charge is -2.10. The van der Waals surface area contributed by atoms with Gasteiger partial charge in [0.25, 0.3) is 10.0 Å². The zero-order valence-corrected chi connectivity index (χ0v) is 21.2. The normalized spacial score (nSPS) is 12.0. The molecule has 0 aliphatic heterocycles. The lowest BCUT2D eigenvalue weighted by Crippen LogP contribution is -2.13. The first-order valence-corrected chi connectivity index (χ1v) is 14.7. The van der Waals surface area contributed by atoms with Crippen LogP contribution < -0.4 is 13.1 Å². The number of nitrogens with one attached hydrogen (secondary N) is 1. The number of phenolic OH excluding ortho intramolecular Hbond substituents is 1. The number of aromatic hydroxyl groups is 1. The Kier molecular flexibility index (Phi) is 7.12. The van der Waals surface area contributed by atoms with Crippen molar-refractivity contribution in [3.05, 3.63) is 103 Å². The van der Waals surface area contributed by atoms with Gasteiger partial charge >= 0.3 is 20.2 Å². The first-order chi connectivity index (χ1) is 17.4. The van der Waals surface area contributed by atoms with E-state index >= 15 is 0 Å². The van der Waals surface area contributed by atoms with Crippen LogP contribution in [0.2, 0.25) is 0 Å². The van der Waals surface area contributed by atoms with E-state index in [2.05, 4.69) is 4.72 Å². The molecular weight excluding hydrogens is 542 g/mol. The molecular formula is C24H19NO9S3. The average molecular weight is 562 g/mol. The van der Waals surface area contributed by atoms with E-state index in [1.54, 1.807) is 30.3 Å². The fraction of sp³-hybridized carbons (Fsp3) is 0. The predicted octanol–water partition coefficient (Wildman–Crippen LogP) is 3.73. The second-order valence-corrected chi connectivity index (χ2v) is 12.3. The summed E-state index contributed by atoms with van der Waals surface area (Å²) in [6.45, 7) is 0. The second kappa shape index (κ2) is 10.1. The molecule has 10 nitrogen and oxygen atoms in total. The highest BCUT2D eigenvalue weighted by molar-refractivity contribution is 7.92. The van der Waals surface area contributed by atoms with Crippen LogP contribution in [0.1, 0.15) is 0 Å². The van der Waals surface area contributed by atoms with Crippen molar-refractivity contribution < 1.29 is 38.7 Å². The Hall–Kier alpha value is -4.07. The quantitative estimate of drug-likeness (QED) is 0.291. The van der Waals surface area contributed by atoms with Crippen molar-refractivity contribution in [3.63, 3.8) is 0 Å². The Morgan fingerprint density at radius 2 is 0.919 bits per heavy atom. The van der Waals surface area contributed by atoms with E-state index in [-0.39, 0.29) is 31.9 Å². The van der Waals surface area contributed by atoms with Gasteiger partial charge in [-0.2, -0.15) is 16.8 Å². The maximum atomic E-state index is 12.6. The number of para-hydroxylation sites is 1. The van der Waals surface area contributed by atoms with E-state index in [1.165, 1.54) is 36.4 Å². The third-order valence-corrected chi connectivity index (χ3v) is 8.73. The van der Waals surface area contributed by atoms with Gasteiger partial charge in [-0.05, 0) is 84.9 Å². The van der Waals surface area contributed by atoms with Crippen molar-refractivity contribution in [1.82, 2.24) is 0 Å². The fourth-order valence-electron chi connectivity index (χ4n) is 3.02. The topological polar surface area (TPSA) is 153 Å². The largest absolute Gasteiger partial charge is 0.508 e. The minimum absolute atomic E-state index is 0.0996. The van der Waals surface area contributed by atoms with Crippen LogP contribution in [0, 0.1) is 0 Å². The number of phenols is 1. The van der Waals surface area contributed by atoms with Crippen molar-refractivity contribution in [2.45, 2.75) is 14.7 Å². The molecule has 0 spiro atoms. The van der Waals surface area contributed by atoms with Crippen LogP contribution in [0.3, 0.4) is 0 Å². The summed E-state index contributed by atoms with van der Waals surface area (Å²) in [6.07, 6.45) is 0. The molecule has 0 bridgehead atoms. The van der Waals surface area contributed by atoms with Crippen LogP contribution in [0.25, 0.3) is 0 Å². The summed E-state index contributed by atoms with van der Waals surface area (Å²) in [5.74, 6) is -0.393. The Bertz CT molecular complexity index is 1700. The number of benzene rings is 4. The molecule has 4 aromatic carbocycles. The SMILES string of the molecule is O=S(=O)(Nc1ccccc1)c1ccc(OS(=O)(=O)c2ccc(OS(=O)(=O)c3ccc(O)cc3)cc2)cc1. The first kappa shape index (κ1) is 26.0. The van der Waals surface area contributed by atoms with E-state index in [9.17, 15) is 30.4 Å². The summed E-state index contributed by atoms with van der Waals surface area (Å²) in [5.41, 5.74) is 0.369. The van der Waals surface area contributed by atoms with Crippen molar-refractivity contribution in [3.8, 4) is 17.2 Å². The van der Waals surface area contributed by atoms with Crippen molar-refractivity contribution in [2.24, 2.45) is 0 Å². The molecule has 0 fully saturated rings. The number of sulfonamides is 1. The third-order valence-electron chi connectivity index (χ3n) is 4.81. The summed E-state index contributed by atoms with van der Waals surface area (Å²) in [6, 6.07) is 22.2. The van der Waals surface area contributed by atoms with Crippen molar-refractivity contribution in [1.29, 1.82) is 0 Å². The fourth-order valence-corrected chi connectivity index (χ4v) is 5.94. The van der Waals surface area contributed by atoms with Crippen LogP contribution in [-0.2, 0) is 30.3 Å².